The van der Waals surface area contributed by atoms with Crippen molar-refractivity contribution in [3.63, 3.8) is 0 Å². The summed E-state index contributed by atoms with van der Waals surface area (Å²) in [6.45, 7) is 2.18. The van der Waals surface area contributed by atoms with E-state index in [1.165, 1.54) is 12.1 Å². The molecular weight excluding hydrogens is 320 g/mol. The number of anilines is 1. The van der Waals surface area contributed by atoms with Gasteiger partial charge in [-0.25, -0.2) is 13.1 Å². The molecule has 0 amide bonds. The van der Waals surface area contributed by atoms with Crippen molar-refractivity contribution in [2.45, 2.75) is 18.2 Å². The van der Waals surface area contributed by atoms with E-state index in [1.807, 2.05) is 6.92 Å². The second-order valence-corrected chi connectivity index (χ2v) is 6.80. The number of sulfonamides is 1. The Morgan fingerprint density at radius 2 is 2.17 bits per heavy atom. The Hall–Kier alpha value is -0.630. The smallest absolute Gasteiger partial charge is 0.242 e. The normalized spacial score (nSPS) is 13.5. The Morgan fingerprint density at radius 3 is 2.78 bits per heavy atom. The number of rotatable bonds is 6. The Bertz CT molecular complexity index is 505. The van der Waals surface area contributed by atoms with E-state index in [1.54, 1.807) is 6.07 Å². The van der Waals surface area contributed by atoms with Crippen LogP contribution in [0, 0.1) is 5.92 Å². The van der Waals surface area contributed by atoms with Crippen LogP contribution in [0.2, 0.25) is 0 Å². The number of nitrogens with two attached hydrogens (primary N) is 1. The largest absolute Gasteiger partial charge is 0.398 e. The highest BCUT2D eigenvalue weighted by molar-refractivity contribution is 9.10. The van der Waals surface area contributed by atoms with E-state index in [2.05, 4.69) is 20.7 Å². The molecule has 0 fully saturated rings. The highest BCUT2D eigenvalue weighted by Gasteiger charge is 2.18. The van der Waals surface area contributed by atoms with Crippen LogP contribution in [0.25, 0.3) is 0 Å². The van der Waals surface area contributed by atoms with Crippen LogP contribution in [0.4, 0.5) is 5.69 Å². The average molecular weight is 337 g/mol. The van der Waals surface area contributed by atoms with Crippen LogP contribution in [-0.4, -0.2) is 26.7 Å². The number of hydrogen-bond acceptors (Lipinski definition) is 4. The molecule has 1 aromatic carbocycles. The lowest BCUT2D eigenvalue weighted by Crippen LogP contribution is -2.29. The second kappa shape index (κ2) is 6.51. The third-order valence-corrected chi connectivity index (χ3v) is 4.48. The predicted molar refractivity (Wildman–Crippen MR) is 74.6 cm³/mol. The van der Waals surface area contributed by atoms with E-state index < -0.39 is 10.0 Å². The van der Waals surface area contributed by atoms with Gasteiger partial charge in [0.1, 0.15) is 4.90 Å². The van der Waals surface area contributed by atoms with Gasteiger partial charge in [-0.2, -0.15) is 0 Å². The zero-order valence-corrected chi connectivity index (χ0v) is 12.5. The van der Waals surface area contributed by atoms with E-state index in [0.717, 1.165) is 0 Å². The Morgan fingerprint density at radius 1 is 1.50 bits per heavy atom. The van der Waals surface area contributed by atoms with Gasteiger partial charge >= 0.3 is 0 Å². The minimum Gasteiger partial charge on any atom is -0.398 e. The summed E-state index contributed by atoms with van der Waals surface area (Å²) in [5.74, 6) is 0.0677. The van der Waals surface area contributed by atoms with Crippen molar-refractivity contribution in [3.05, 3.63) is 22.7 Å². The summed E-state index contributed by atoms with van der Waals surface area (Å²) >= 11 is 3.21. The molecule has 102 valence electrons. The molecule has 0 heterocycles. The first-order valence-electron chi connectivity index (χ1n) is 5.52. The van der Waals surface area contributed by atoms with Gasteiger partial charge in [0.25, 0.3) is 0 Å². The summed E-state index contributed by atoms with van der Waals surface area (Å²) < 4.78 is 27.2. The molecule has 0 aromatic heterocycles. The Labute approximate surface area is 116 Å². The van der Waals surface area contributed by atoms with E-state index in [-0.39, 0.29) is 29.7 Å². The highest BCUT2D eigenvalue weighted by Crippen LogP contribution is 2.22. The summed E-state index contributed by atoms with van der Waals surface area (Å²) in [4.78, 5) is 0.0630. The van der Waals surface area contributed by atoms with Crippen molar-refractivity contribution in [1.29, 1.82) is 0 Å². The van der Waals surface area contributed by atoms with Crippen LogP contribution in [0.15, 0.2) is 27.6 Å². The van der Waals surface area contributed by atoms with Crippen molar-refractivity contribution < 1.29 is 13.5 Å². The van der Waals surface area contributed by atoms with Crippen LogP contribution in [0.5, 0.6) is 0 Å². The van der Waals surface area contributed by atoms with Crippen molar-refractivity contribution in [3.8, 4) is 0 Å². The molecule has 1 aromatic rings. The molecule has 1 unspecified atom stereocenters. The maximum Gasteiger partial charge on any atom is 0.242 e. The standard InChI is InChI=1S/C11H17BrN2O3S/c1-8(4-5-15)7-14-18(16,17)11-6-9(12)2-3-10(11)13/h2-3,6,8,14-15H,4-5,7,13H2,1H3. The van der Waals surface area contributed by atoms with Gasteiger partial charge in [-0.15, -0.1) is 0 Å². The van der Waals surface area contributed by atoms with Gasteiger partial charge in [0.05, 0.1) is 5.69 Å². The fraction of sp³-hybridized carbons (Fsp3) is 0.455. The van der Waals surface area contributed by atoms with Gasteiger partial charge in [-0.3, -0.25) is 0 Å². The van der Waals surface area contributed by atoms with Gasteiger partial charge in [-0.1, -0.05) is 22.9 Å². The minimum atomic E-state index is -3.61. The molecule has 1 atom stereocenters. The van der Waals surface area contributed by atoms with Crippen LogP contribution in [0.3, 0.4) is 0 Å². The molecular formula is C11H17BrN2O3S. The number of nitrogen functional groups attached to an aromatic ring is 1. The lowest BCUT2D eigenvalue weighted by atomic mass is 10.1. The molecule has 0 aliphatic heterocycles. The van der Waals surface area contributed by atoms with E-state index in [9.17, 15) is 8.42 Å². The van der Waals surface area contributed by atoms with Crippen molar-refractivity contribution in [1.82, 2.24) is 4.72 Å². The Balaban J connectivity index is 2.83. The van der Waals surface area contributed by atoms with Gasteiger partial charge in [-0.05, 0) is 30.5 Å². The molecule has 0 bridgehead atoms. The minimum absolute atomic E-state index is 0.0436. The SMILES string of the molecule is CC(CCO)CNS(=O)(=O)c1cc(Br)ccc1N. The zero-order valence-electron chi connectivity index (χ0n) is 10.1. The average Bonchev–Trinajstić information content (AvgIpc) is 2.30. The molecule has 0 saturated carbocycles. The van der Waals surface area contributed by atoms with Gasteiger partial charge in [0.15, 0.2) is 0 Å². The van der Waals surface area contributed by atoms with Crippen molar-refractivity contribution in [2.75, 3.05) is 18.9 Å². The lowest BCUT2D eigenvalue weighted by Gasteiger charge is -2.13. The van der Waals surface area contributed by atoms with Crippen LogP contribution in [-0.2, 0) is 10.0 Å². The summed E-state index contributed by atoms with van der Waals surface area (Å²) in [7, 11) is -3.61. The van der Waals surface area contributed by atoms with Gasteiger partial charge < -0.3 is 10.8 Å². The highest BCUT2D eigenvalue weighted by atomic mass is 79.9. The second-order valence-electron chi connectivity index (χ2n) is 4.15. The van der Waals surface area contributed by atoms with Gasteiger partial charge in [0, 0.05) is 17.6 Å². The maximum absolute atomic E-state index is 12.0. The third kappa shape index (κ3) is 4.24. The van der Waals surface area contributed by atoms with Crippen molar-refractivity contribution >= 4 is 31.6 Å². The number of hydrogen-bond donors (Lipinski definition) is 3. The number of nitrogens with one attached hydrogen (secondary N) is 1. The van der Waals surface area contributed by atoms with Gasteiger partial charge in [0.2, 0.25) is 10.0 Å². The molecule has 7 heteroatoms. The number of halogens is 1. The first-order chi connectivity index (χ1) is 8.36. The molecule has 0 spiro atoms. The molecule has 0 aliphatic rings. The number of aliphatic hydroxyl groups excluding tert-OH is 1. The first-order valence-corrected chi connectivity index (χ1v) is 7.80. The van der Waals surface area contributed by atoms with E-state index in [0.29, 0.717) is 10.9 Å². The molecule has 0 radical (unpaired) electrons. The van der Waals surface area contributed by atoms with Crippen LogP contribution < -0.4 is 10.5 Å². The first kappa shape index (κ1) is 15.4. The molecule has 5 nitrogen and oxygen atoms in total. The molecule has 1 rings (SSSR count). The number of aliphatic hydroxyl groups is 1. The topological polar surface area (TPSA) is 92.4 Å². The van der Waals surface area contributed by atoms with Crippen molar-refractivity contribution in [2.24, 2.45) is 5.92 Å². The molecule has 4 N–H and O–H groups in total. The molecule has 0 saturated heterocycles. The van der Waals surface area contributed by atoms with E-state index in [4.69, 9.17) is 10.8 Å². The fourth-order valence-corrected chi connectivity index (χ4v) is 3.23. The van der Waals surface area contributed by atoms with Crippen LogP contribution >= 0.6 is 15.9 Å². The summed E-state index contributed by atoms with van der Waals surface area (Å²) in [6, 6.07) is 4.69. The quantitative estimate of drug-likeness (QED) is 0.683. The predicted octanol–water partition coefficient (Wildman–Crippen LogP) is 1.33. The molecule has 18 heavy (non-hydrogen) atoms. The summed E-state index contributed by atoms with van der Waals surface area (Å²) in [6.07, 6.45) is 0.552. The van der Waals surface area contributed by atoms with E-state index >= 15 is 0 Å². The summed E-state index contributed by atoms with van der Waals surface area (Å²) in [5.41, 5.74) is 5.87. The summed E-state index contributed by atoms with van der Waals surface area (Å²) in [5, 5.41) is 8.76. The maximum atomic E-state index is 12.0. The van der Waals surface area contributed by atoms with Crippen LogP contribution in [0.1, 0.15) is 13.3 Å². The monoisotopic (exact) mass is 336 g/mol. The lowest BCUT2D eigenvalue weighted by molar-refractivity contribution is 0.263. The molecule has 0 aliphatic carbocycles. The fourth-order valence-electron chi connectivity index (χ4n) is 1.39. The Kier molecular flexibility index (Phi) is 5.58. The zero-order chi connectivity index (χ0) is 13.8. The third-order valence-electron chi connectivity index (χ3n) is 2.51. The number of benzene rings is 1.